The van der Waals surface area contributed by atoms with Gasteiger partial charge in [-0.1, -0.05) is 17.8 Å². The first-order valence-electron chi connectivity index (χ1n) is 18.2. The Balaban J connectivity index is 1.21. The van der Waals surface area contributed by atoms with Crippen LogP contribution in [0.2, 0.25) is 0 Å². The fourth-order valence-electron chi connectivity index (χ4n) is 7.45. The number of β-lactam (4-membered cyclic amide) rings is 1. The van der Waals surface area contributed by atoms with E-state index in [2.05, 4.69) is 27.4 Å². The number of carbonyl (C=O) groups excluding carboxylic acids is 3. The molecule has 6 rings (SSSR count). The number of carboxylic acid groups (broad SMARTS) is 2. The number of nitrogens with one attached hydrogen (secondary N) is 2. The molecule has 2 atom stereocenters. The number of nitrogen functional groups attached to an aromatic ring is 1. The summed E-state index contributed by atoms with van der Waals surface area (Å²) in [6.07, 6.45) is 4.41. The van der Waals surface area contributed by atoms with Crippen LogP contribution in [0, 0.1) is 0 Å². The van der Waals surface area contributed by atoms with E-state index in [9.17, 15) is 49.2 Å². The van der Waals surface area contributed by atoms with E-state index in [0.29, 0.717) is 36.2 Å². The number of benzene rings is 1. The topological polar surface area (TPSA) is 276 Å². The van der Waals surface area contributed by atoms with Gasteiger partial charge in [0, 0.05) is 42.3 Å². The number of nitrogens with two attached hydrogens (primary N) is 1. The molecule has 3 amide bonds. The van der Waals surface area contributed by atoms with Crippen molar-refractivity contribution in [2.45, 2.75) is 56.7 Å². The van der Waals surface area contributed by atoms with Crippen molar-refractivity contribution in [1.82, 2.24) is 25.1 Å². The third-order valence-electron chi connectivity index (χ3n) is 10.6. The second kappa shape index (κ2) is 15.8. The minimum Gasteiger partial charge on any atom is -0.504 e. The molecule has 5 heterocycles. The number of aliphatic carboxylic acids is 2. The van der Waals surface area contributed by atoms with Gasteiger partial charge in [0.05, 0.1) is 37.1 Å². The number of thiazole rings is 1. The summed E-state index contributed by atoms with van der Waals surface area (Å²) < 4.78 is 1.91. The van der Waals surface area contributed by atoms with Crippen LogP contribution in [0.5, 0.6) is 11.5 Å². The lowest BCUT2D eigenvalue weighted by molar-refractivity contribution is -0.911. The van der Waals surface area contributed by atoms with Crippen molar-refractivity contribution >= 4 is 74.5 Å². The second-order valence-electron chi connectivity index (χ2n) is 14.6. The number of quaternary nitrogens is 1. The Bertz CT molecular complexity index is 2360. The van der Waals surface area contributed by atoms with E-state index in [0.717, 1.165) is 29.1 Å². The molecule has 21 heteroatoms. The highest BCUT2D eigenvalue weighted by Gasteiger charge is 2.64. The highest BCUT2D eigenvalue weighted by molar-refractivity contribution is 8.01. The van der Waals surface area contributed by atoms with Gasteiger partial charge >= 0.3 is 11.9 Å². The first-order valence-corrected chi connectivity index (χ1v) is 20.1. The predicted octanol–water partition coefficient (Wildman–Crippen LogP) is 1.39. The third kappa shape index (κ3) is 7.35. The molecule has 0 saturated carbocycles. The molecule has 0 bridgehead atoms. The lowest BCUT2D eigenvalue weighted by atomic mass is 9.90. The van der Waals surface area contributed by atoms with Crippen LogP contribution >= 0.6 is 23.1 Å². The van der Waals surface area contributed by atoms with E-state index in [4.69, 9.17) is 10.6 Å². The average molecular weight is 840 g/mol. The molecule has 0 spiro atoms. The van der Waals surface area contributed by atoms with Crippen molar-refractivity contribution in [1.29, 1.82) is 0 Å². The third-order valence-corrected chi connectivity index (χ3v) is 12.8. The van der Waals surface area contributed by atoms with Crippen LogP contribution in [0.3, 0.4) is 0 Å². The number of aryl methyl sites for hydroxylation is 1. The number of pyridine rings is 1. The van der Waals surface area contributed by atoms with Crippen molar-refractivity contribution < 1.29 is 53.7 Å². The van der Waals surface area contributed by atoms with Gasteiger partial charge in [0.25, 0.3) is 17.7 Å². The van der Waals surface area contributed by atoms with Crippen LogP contribution in [0.4, 0.5) is 5.13 Å². The number of oxime groups is 1. The molecule has 308 valence electrons. The number of carbonyl (C=O) groups is 5. The molecule has 3 aliphatic heterocycles. The Morgan fingerprint density at radius 1 is 1.19 bits per heavy atom. The summed E-state index contributed by atoms with van der Waals surface area (Å²) in [5, 5.41) is 51.2. The van der Waals surface area contributed by atoms with E-state index in [1.807, 2.05) is 0 Å². The number of hydrogen-bond acceptors (Lipinski definition) is 14. The number of likely N-dealkylation sites (tertiary alicyclic amines) is 1. The molecular formula is C37H43N8O11S2+. The number of aromatic nitrogens is 2. The molecule has 58 heavy (non-hydrogen) atoms. The Morgan fingerprint density at radius 3 is 2.50 bits per heavy atom. The molecule has 2 fully saturated rings. The summed E-state index contributed by atoms with van der Waals surface area (Å²) >= 11 is 2.20. The minimum atomic E-state index is -1.83. The summed E-state index contributed by atoms with van der Waals surface area (Å²) in [5.74, 6) is -5.71. The van der Waals surface area contributed by atoms with E-state index in [1.54, 1.807) is 6.92 Å². The smallest absolute Gasteiger partial charge is 0.352 e. The predicted molar refractivity (Wildman–Crippen MR) is 213 cm³/mol. The zero-order chi connectivity index (χ0) is 42.3. The first-order chi connectivity index (χ1) is 27.4. The Morgan fingerprint density at radius 2 is 1.90 bits per heavy atom. The van der Waals surface area contributed by atoms with Gasteiger partial charge in [-0.3, -0.25) is 24.1 Å². The van der Waals surface area contributed by atoms with Crippen LogP contribution in [-0.4, -0.2) is 130 Å². The fourth-order valence-corrected chi connectivity index (χ4v) is 9.39. The number of amides is 3. The largest absolute Gasteiger partial charge is 0.504 e. The number of carboxylic acids is 2. The molecular weight excluding hydrogens is 797 g/mol. The molecule has 0 radical (unpaired) electrons. The SMILES string of the molecule is C=C[C@]12SCC(C[N+]3(CCNC(=O)c4cn(CC)c5c(O)c(O)ccc5c4=O)CCCC3)=C(C(=O)O)N1C(=O)[C@H]2NC(=O)/C(=N\OC(C)(C)C(=O)O)c1csc(N)n1. The molecule has 0 unspecified atom stereocenters. The van der Waals surface area contributed by atoms with Gasteiger partial charge in [0.15, 0.2) is 22.3 Å². The highest BCUT2D eigenvalue weighted by atomic mass is 32.2. The number of rotatable bonds is 15. The van der Waals surface area contributed by atoms with Crippen LogP contribution in [0.25, 0.3) is 10.9 Å². The standard InChI is InChI=1S/C37H42N8O11S2/c1-5-37-29(41-31(50)24(22-18-57-35(38)40-22)42-56-36(3,4)34(54)55)32(51)44(37)25(33(52)53)19(17-58-37)16-45(12-7-8-13-45)14-11-39-30(49)21-15-43(6-2)26-20(27(21)47)9-10-23(46)28(26)48/h5,9-10,15,18,29H,1,6-8,11-14,16-17H2,2-4H3,(H7-,38,39,40,41,42,46,47,48,49,50,52,53,54,55)/p+1/t29-,37-/m1/s1. The zero-order valence-electron chi connectivity index (χ0n) is 31.8. The molecule has 8 N–H and O–H groups in total. The monoisotopic (exact) mass is 839 g/mol. The normalized spacial score (nSPS) is 20.3. The molecule has 19 nitrogen and oxygen atoms in total. The van der Waals surface area contributed by atoms with Gasteiger partial charge in [-0.05, 0) is 32.9 Å². The Kier molecular flexibility index (Phi) is 11.3. The molecule has 2 saturated heterocycles. The molecule has 1 aromatic carbocycles. The van der Waals surface area contributed by atoms with Gasteiger partial charge in [0.1, 0.15) is 34.4 Å². The quantitative estimate of drug-likeness (QED) is 0.0285. The summed E-state index contributed by atoms with van der Waals surface area (Å²) in [7, 11) is 0. The lowest BCUT2D eigenvalue weighted by Crippen LogP contribution is -2.78. The van der Waals surface area contributed by atoms with Crippen LogP contribution in [-0.2, 0) is 30.6 Å². The minimum absolute atomic E-state index is 0.0326. The van der Waals surface area contributed by atoms with Crippen LogP contribution < -0.4 is 21.8 Å². The molecule has 3 aliphatic rings. The van der Waals surface area contributed by atoms with Crippen LogP contribution in [0.1, 0.15) is 49.7 Å². The first kappa shape index (κ1) is 41.7. The van der Waals surface area contributed by atoms with E-state index in [1.165, 1.54) is 60.0 Å². The van der Waals surface area contributed by atoms with Gasteiger partial charge in [-0.2, -0.15) is 0 Å². The average Bonchev–Trinajstić information content (AvgIpc) is 3.83. The van der Waals surface area contributed by atoms with E-state index < -0.39 is 68.8 Å². The van der Waals surface area contributed by atoms with E-state index in [-0.39, 0.29) is 51.8 Å². The number of phenolic OH excluding ortho intramolecular Hbond substituents is 2. The maximum atomic E-state index is 13.9. The number of aromatic hydroxyl groups is 2. The number of fused-ring (bicyclic) bond motifs is 2. The van der Waals surface area contributed by atoms with Gasteiger partial charge in [-0.15, -0.1) is 23.1 Å². The fraction of sp³-hybridized carbons (Fsp3) is 0.405. The second-order valence-corrected chi connectivity index (χ2v) is 16.7. The Labute approximate surface area is 339 Å². The summed E-state index contributed by atoms with van der Waals surface area (Å²) in [6, 6.07) is 1.24. The summed E-state index contributed by atoms with van der Waals surface area (Å²) in [4.78, 5) is 87.8. The summed E-state index contributed by atoms with van der Waals surface area (Å²) in [6.45, 7) is 10.5. The maximum Gasteiger partial charge on any atom is 0.352 e. The highest BCUT2D eigenvalue weighted by Crippen LogP contribution is 2.51. The van der Waals surface area contributed by atoms with Gasteiger partial charge in [-0.25, -0.2) is 14.6 Å². The van der Waals surface area contributed by atoms with E-state index >= 15 is 0 Å². The van der Waals surface area contributed by atoms with Crippen LogP contribution in [0.15, 0.2) is 57.6 Å². The number of anilines is 1. The van der Waals surface area contributed by atoms with Crippen molar-refractivity contribution in [2.75, 3.05) is 44.2 Å². The lowest BCUT2D eigenvalue weighted by Gasteiger charge is -2.57. The molecule has 3 aromatic rings. The van der Waals surface area contributed by atoms with Gasteiger partial charge < -0.3 is 50.7 Å². The van der Waals surface area contributed by atoms with Crippen molar-refractivity contribution in [3.05, 3.63) is 69.1 Å². The van der Waals surface area contributed by atoms with Gasteiger partial charge in [0.2, 0.25) is 11.0 Å². The number of thioether (sulfide) groups is 1. The Hall–Kier alpha value is -5.93. The molecule has 2 aromatic heterocycles. The summed E-state index contributed by atoms with van der Waals surface area (Å²) in [5.41, 5.74) is 3.06. The number of hydrogen-bond donors (Lipinski definition) is 7. The van der Waals surface area contributed by atoms with Crippen molar-refractivity contribution in [2.24, 2.45) is 5.16 Å². The zero-order valence-corrected chi connectivity index (χ0v) is 33.4. The van der Waals surface area contributed by atoms with Crippen molar-refractivity contribution in [3.63, 3.8) is 0 Å². The number of phenols is 2. The molecule has 0 aliphatic carbocycles. The maximum absolute atomic E-state index is 13.9. The number of nitrogens with zero attached hydrogens (tertiary/aromatic N) is 5. The van der Waals surface area contributed by atoms with Crippen molar-refractivity contribution in [3.8, 4) is 11.5 Å².